The highest BCUT2D eigenvalue weighted by molar-refractivity contribution is 7.99. The molecule has 1 aliphatic rings. The lowest BCUT2D eigenvalue weighted by atomic mass is 10.1. The largest absolute Gasteiger partial charge is 0.497 e. The molecule has 1 saturated heterocycles. The lowest BCUT2D eigenvalue weighted by Gasteiger charge is -2.10. The van der Waals surface area contributed by atoms with Gasteiger partial charge in [-0.3, -0.25) is 0 Å². The smallest absolute Gasteiger partial charge is 0.118 e. The minimum atomic E-state index is 0.0400. The van der Waals surface area contributed by atoms with Crippen molar-refractivity contribution in [2.75, 3.05) is 20.3 Å². The molecule has 0 radical (unpaired) electrons. The summed E-state index contributed by atoms with van der Waals surface area (Å²) in [5.74, 6) is 1.83. The first-order chi connectivity index (χ1) is 8.33. The van der Waals surface area contributed by atoms with Gasteiger partial charge >= 0.3 is 0 Å². The quantitative estimate of drug-likeness (QED) is 0.822. The number of hydrogen-bond acceptors (Lipinski definition) is 4. The van der Waals surface area contributed by atoms with Crippen LogP contribution in [0.15, 0.2) is 24.3 Å². The molecule has 3 nitrogen and oxygen atoms in total. The van der Waals surface area contributed by atoms with Crippen LogP contribution in [0.4, 0.5) is 0 Å². The maximum atomic E-state index is 8.94. The highest BCUT2D eigenvalue weighted by Crippen LogP contribution is 2.28. The van der Waals surface area contributed by atoms with E-state index in [4.69, 9.17) is 14.7 Å². The maximum absolute atomic E-state index is 8.94. The van der Waals surface area contributed by atoms with E-state index in [-0.39, 0.29) is 5.92 Å². The first-order valence-electron chi connectivity index (χ1n) is 5.55. The van der Waals surface area contributed by atoms with Gasteiger partial charge in [0.15, 0.2) is 0 Å². The van der Waals surface area contributed by atoms with Crippen molar-refractivity contribution in [3.63, 3.8) is 0 Å². The van der Waals surface area contributed by atoms with Gasteiger partial charge in [0.25, 0.3) is 0 Å². The number of nitrogens with zero attached hydrogens (tertiary/aromatic N) is 1. The standard InChI is InChI=1S/C13H15NO2S/c1-15-12-4-2-10(3-5-12)9-17-13-8-16-7-11(13)6-14/h2-5,11,13H,7-9H2,1H3/t11-,13+/m1/s1. The Morgan fingerprint density at radius 2 is 2.18 bits per heavy atom. The van der Waals surface area contributed by atoms with E-state index in [9.17, 15) is 0 Å². The van der Waals surface area contributed by atoms with Crippen molar-refractivity contribution >= 4 is 11.8 Å². The molecule has 0 bridgehead atoms. The lowest BCUT2D eigenvalue weighted by molar-refractivity contribution is 0.192. The van der Waals surface area contributed by atoms with Gasteiger partial charge in [-0.15, -0.1) is 11.8 Å². The van der Waals surface area contributed by atoms with Crippen LogP contribution < -0.4 is 4.74 Å². The molecule has 0 amide bonds. The zero-order valence-corrected chi connectivity index (χ0v) is 10.6. The fraction of sp³-hybridized carbons (Fsp3) is 0.462. The summed E-state index contributed by atoms with van der Waals surface area (Å²) in [6.45, 7) is 1.27. The average molecular weight is 249 g/mol. The number of benzene rings is 1. The summed E-state index contributed by atoms with van der Waals surface area (Å²) < 4.78 is 10.4. The molecule has 4 heteroatoms. The molecule has 2 rings (SSSR count). The summed E-state index contributed by atoms with van der Waals surface area (Å²) >= 11 is 1.79. The van der Waals surface area contributed by atoms with Gasteiger partial charge in [0, 0.05) is 11.0 Å². The van der Waals surface area contributed by atoms with Gasteiger partial charge in [0.1, 0.15) is 5.75 Å². The van der Waals surface area contributed by atoms with Crippen molar-refractivity contribution in [2.45, 2.75) is 11.0 Å². The molecule has 0 unspecified atom stereocenters. The Labute approximate surface area is 106 Å². The van der Waals surface area contributed by atoms with Crippen LogP contribution in [0.25, 0.3) is 0 Å². The molecule has 1 heterocycles. The monoisotopic (exact) mass is 249 g/mol. The molecule has 0 spiro atoms. The Kier molecular flexibility index (Phi) is 4.29. The number of methoxy groups -OCH3 is 1. The minimum absolute atomic E-state index is 0.0400. The first kappa shape index (κ1) is 12.3. The molecule has 0 N–H and O–H groups in total. The molecule has 17 heavy (non-hydrogen) atoms. The van der Waals surface area contributed by atoms with E-state index < -0.39 is 0 Å². The highest BCUT2D eigenvalue weighted by Gasteiger charge is 2.28. The Morgan fingerprint density at radius 3 is 2.82 bits per heavy atom. The Balaban J connectivity index is 1.87. The van der Waals surface area contributed by atoms with Crippen molar-refractivity contribution in [3.8, 4) is 11.8 Å². The summed E-state index contributed by atoms with van der Waals surface area (Å²) in [7, 11) is 1.66. The van der Waals surface area contributed by atoms with Crippen molar-refractivity contribution in [1.29, 1.82) is 5.26 Å². The maximum Gasteiger partial charge on any atom is 0.118 e. The molecule has 1 fully saturated rings. The molecule has 90 valence electrons. The predicted octanol–water partition coefficient (Wildman–Crippen LogP) is 2.47. The van der Waals surface area contributed by atoms with Crippen LogP contribution in [-0.4, -0.2) is 25.6 Å². The van der Waals surface area contributed by atoms with Crippen LogP contribution >= 0.6 is 11.8 Å². The van der Waals surface area contributed by atoms with Gasteiger partial charge in [-0.25, -0.2) is 0 Å². The van der Waals surface area contributed by atoms with Crippen molar-refractivity contribution in [3.05, 3.63) is 29.8 Å². The number of ether oxygens (including phenoxy) is 2. The summed E-state index contributed by atoms with van der Waals surface area (Å²) in [5.41, 5.74) is 1.25. The van der Waals surface area contributed by atoms with Gasteiger partial charge in [-0.05, 0) is 17.7 Å². The topological polar surface area (TPSA) is 42.2 Å². The third-order valence-corrected chi connectivity index (χ3v) is 4.21. The van der Waals surface area contributed by atoms with E-state index in [0.29, 0.717) is 18.5 Å². The van der Waals surface area contributed by atoms with Gasteiger partial charge in [-0.1, -0.05) is 12.1 Å². The summed E-state index contributed by atoms with van der Waals surface area (Å²) in [4.78, 5) is 0. The molecule has 0 saturated carbocycles. The second kappa shape index (κ2) is 5.95. The minimum Gasteiger partial charge on any atom is -0.497 e. The van der Waals surface area contributed by atoms with Crippen LogP contribution in [-0.2, 0) is 10.5 Å². The molecule has 0 aliphatic carbocycles. The van der Waals surface area contributed by atoms with Gasteiger partial charge in [-0.2, -0.15) is 5.26 Å². The van der Waals surface area contributed by atoms with E-state index in [1.165, 1.54) is 5.56 Å². The number of thioether (sulfide) groups is 1. The van der Waals surface area contributed by atoms with Crippen molar-refractivity contribution < 1.29 is 9.47 Å². The number of rotatable bonds is 4. The molecule has 1 aromatic rings. The van der Waals surface area contributed by atoms with Crippen LogP contribution in [0.5, 0.6) is 5.75 Å². The van der Waals surface area contributed by atoms with Crippen molar-refractivity contribution in [2.24, 2.45) is 5.92 Å². The second-order valence-corrected chi connectivity index (χ2v) is 5.20. The average Bonchev–Trinajstić information content (AvgIpc) is 2.84. The predicted molar refractivity (Wildman–Crippen MR) is 68.0 cm³/mol. The molecular formula is C13H15NO2S. The number of hydrogen-bond donors (Lipinski definition) is 0. The molecule has 1 aromatic carbocycles. The Morgan fingerprint density at radius 1 is 1.41 bits per heavy atom. The second-order valence-electron chi connectivity index (χ2n) is 3.97. The summed E-state index contributed by atoms with van der Waals surface area (Å²) in [6.07, 6.45) is 0. The van der Waals surface area contributed by atoms with E-state index in [1.807, 2.05) is 12.1 Å². The molecule has 1 aliphatic heterocycles. The van der Waals surface area contributed by atoms with E-state index in [1.54, 1.807) is 18.9 Å². The van der Waals surface area contributed by atoms with Gasteiger partial charge in [0.05, 0.1) is 32.3 Å². The molecule has 0 aromatic heterocycles. The molecular weight excluding hydrogens is 234 g/mol. The van der Waals surface area contributed by atoms with E-state index in [0.717, 1.165) is 11.5 Å². The van der Waals surface area contributed by atoms with Crippen LogP contribution in [0.3, 0.4) is 0 Å². The summed E-state index contributed by atoms with van der Waals surface area (Å²) in [6, 6.07) is 10.3. The fourth-order valence-corrected chi connectivity index (χ4v) is 2.91. The zero-order chi connectivity index (χ0) is 12.1. The van der Waals surface area contributed by atoms with Crippen LogP contribution in [0.2, 0.25) is 0 Å². The lowest BCUT2D eigenvalue weighted by Crippen LogP contribution is -2.12. The molecule has 2 atom stereocenters. The third-order valence-electron chi connectivity index (χ3n) is 2.82. The fourth-order valence-electron chi connectivity index (χ4n) is 1.74. The van der Waals surface area contributed by atoms with E-state index in [2.05, 4.69) is 18.2 Å². The van der Waals surface area contributed by atoms with Gasteiger partial charge < -0.3 is 9.47 Å². The van der Waals surface area contributed by atoms with E-state index >= 15 is 0 Å². The Bertz CT molecular complexity index is 399. The highest BCUT2D eigenvalue weighted by atomic mass is 32.2. The van der Waals surface area contributed by atoms with Gasteiger partial charge in [0.2, 0.25) is 0 Å². The normalized spacial score (nSPS) is 23.3. The summed E-state index contributed by atoms with van der Waals surface area (Å²) in [5, 5.41) is 9.25. The van der Waals surface area contributed by atoms with Crippen LogP contribution in [0.1, 0.15) is 5.56 Å². The van der Waals surface area contributed by atoms with Crippen LogP contribution in [0, 0.1) is 17.2 Å². The Hall–Kier alpha value is -1.18. The number of nitriles is 1. The first-order valence-corrected chi connectivity index (χ1v) is 6.60. The van der Waals surface area contributed by atoms with Crippen molar-refractivity contribution in [1.82, 2.24) is 0 Å². The third kappa shape index (κ3) is 3.15. The zero-order valence-electron chi connectivity index (χ0n) is 9.76. The SMILES string of the molecule is COc1ccc(CS[C@H]2COC[C@H]2C#N)cc1.